The van der Waals surface area contributed by atoms with Crippen molar-refractivity contribution in [3.8, 4) is 11.5 Å². The largest absolute Gasteiger partial charge is 0.497 e. The fourth-order valence-electron chi connectivity index (χ4n) is 1.91. The molecule has 1 unspecified atom stereocenters. The molecule has 0 saturated heterocycles. The van der Waals surface area contributed by atoms with Crippen molar-refractivity contribution in [3.63, 3.8) is 0 Å². The maximum absolute atomic E-state index is 6.04. The van der Waals surface area contributed by atoms with Crippen LogP contribution in [0.1, 0.15) is 46.1 Å². The lowest BCUT2D eigenvalue weighted by atomic mass is 10.1. The zero-order valence-electron chi connectivity index (χ0n) is 12.8. The lowest BCUT2D eigenvalue weighted by Gasteiger charge is -2.19. The molecule has 0 aromatic heterocycles. The number of rotatable bonds is 8. The molecule has 0 radical (unpaired) electrons. The fourth-order valence-corrected chi connectivity index (χ4v) is 1.91. The summed E-state index contributed by atoms with van der Waals surface area (Å²) in [5.41, 5.74) is 1.18. The molecule has 19 heavy (non-hydrogen) atoms. The Bertz CT molecular complexity index is 377. The Morgan fingerprint density at radius 3 is 2.53 bits per heavy atom. The first kappa shape index (κ1) is 15.8. The van der Waals surface area contributed by atoms with Crippen molar-refractivity contribution >= 4 is 0 Å². The number of methoxy groups -OCH3 is 1. The smallest absolute Gasteiger partial charge is 0.127 e. The average molecular weight is 265 g/mol. The van der Waals surface area contributed by atoms with Gasteiger partial charge in [0.1, 0.15) is 11.5 Å². The number of hydrogen-bond acceptors (Lipinski definition) is 3. The molecule has 0 fully saturated rings. The van der Waals surface area contributed by atoms with Gasteiger partial charge < -0.3 is 14.8 Å². The molecule has 0 bridgehead atoms. The molecule has 1 atom stereocenters. The summed E-state index contributed by atoms with van der Waals surface area (Å²) in [6, 6.07) is 6.49. The van der Waals surface area contributed by atoms with Crippen molar-refractivity contribution in [2.75, 3.05) is 7.11 Å². The van der Waals surface area contributed by atoms with Crippen LogP contribution in [0.5, 0.6) is 11.5 Å². The van der Waals surface area contributed by atoms with Crippen LogP contribution in [0.2, 0.25) is 0 Å². The lowest BCUT2D eigenvalue weighted by Crippen LogP contribution is -2.22. The van der Waals surface area contributed by atoms with Gasteiger partial charge in [-0.1, -0.05) is 33.3 Å². The van der Waals surface area contributed by atoms with Crippen LogP contribution in [-0.4, -0.2) is 19.3 Å². The second kappa shape index (κ2) is 8.05. The minimum absolute atomic E-state index is 0.231. The summed E-state index contributed by atoms with van der Waals surface area (Å²) in [5.74, 6) is 1.76. The fraction of sp³-hybridized carbons (Fsp3) is 0.625. The van der Waals surface area contributed by atoms with E-state index in [-0.39, 0.29) is 6.10 Å². The van der Waals surface area contributed by atoms with E-state index in [9.17, 15) is 0 Å². The molecular weight excluding hydrogens is 238 g/mol. The summed E-state index contributed by atoms with van der Waals surface area (Å²) in [6.07, 6.45) is 2.42. The van der Waals surface area contributed by atoms with Crippen molar-refractivity contribution in [2.45, 2.75) is 59.2 Å². The van der Waals surface area contributed by atoms with E-state index >= 15 is 0 Å². The number of nitrogens with one attached hydrogen (secondary N) is 1. The predicted octanol–water partition coefficient (Wildman–Crippen LogP) is 3.76. The SMILES string of the molecule is CCCC(C)Oc1cc(OC)ccc1CNC(C)C. The Morgan fingerprint density at radius 1 is 1.21 bits per heavy atom. The molecule has 0 spiro atoms. The van der Waals surface area contributed by atoms with Crippen molar-refractivity contribution in [2.24, 2.45) is 0 Å². The topological polar surface area (TPSA) is 30.5 Å². The highest BCUT2D eigenvalue weighted by molar-refractivity contribution is 5.40. The van der Waals surface area contributed by atoms with E-state index < -0.39 is 0 Å². The monoisotopic (exact) mass is 265 g/mol. The summed E-state index contributed by atoms with van der Waals surface area (Å²) in [7, 11) is 1.68. The molecule has 0 heterocycles. The van der Waals surface area contributed by atoms with Crippen molar-refractivity contribution < 1.29 is 9.47 Å². The van der Waals surface area contributed by atoms with Crippen molar-refractivity contribution in [3.05, 3.63) is 23.8 Å². The highest BCUT2D eigenvalue weighted by atomic mass is 16.5. The van der Waals surface area contributed by atoms with Gasteiger partial charge in [-0.15, -0.1) is 0 Å². The summed E-state index contributed by atoms with van der Waals surface area (Å²) in [5, 5.41) is 3.42. The van der Waals surface area contributed by atoms with Crippen LogP contribution < -0.4 is 14.8 Å². The quantitative estimate of drug-likeness (QED) is 0.776. The van der Waals surface area contributed by atoms with Crippen molar-refractivity contribution in [1.29, 1.82) is 0 Å². The Hall–Kier alpha value is -1.22. The van der Waals surface area contributed by atoms with Gasteiger partial charge in [0.25, 0.3) is 0 Å². The first-order chi connectivity index (χ1) is 9.06. The zero-order valence-corrected chi connectivity index (χ0v) is 12.8. The Kier molecular flexibility index (Phi) is 6.71. The molecule has 1 N–H and O–H groups in total. The lowest BCUT2D eigenvalue weighted by molar-refractivity contribution is 0.206. The van der Waals surface area contributed by atoms with Gasteiger partial charge in [-0.2, -0.15) is 0 Å². The first-order valence-electron chi connectivity index (χ1n) is 7.13. The number of benzene rings is 1. The van der Waals surface area contributed by atoms with Gasteiger partial charge >= 0.3 is 0 Å². The summed E-state index contributed by atoms with van der Waals surface area (Å²) >= 11 is 0. The third-order valence-corrected chi connectivity index (χ3v) is 3.00. The van der Waals surface area contributed by atoms with Crippen LogP contribution in [0, 0.1) is 0 Å². The van der Waals surface area contributed by atoms with Crippen LogP contribution in [-0.2, 0) is 6.54 Å². The minimum atomic E-state index is 0.231. The Labute approximate surface area is 117 Å². The molecule has 108 valence electrons. The van der Waals surface area contributed by atoms with Crippen LogP contribution >= 0.6 is 0 Å². The second-order valence-electron chi connectivity index (χ2n) is 5.23. The maximum Gasteiger partial charge on any atom is 0.127 e. The second-order valence-corrected chi connectivity index (χ2v) is 5.23. The molecule has 0 aliphatic heterocycles. The van der Waals surface area contributed by atoms with E-state index in [0.717, 1.165) is 30.9 Å². The molecule has 0 amide bonds. The summed E-state index contributed by atoms with van der Waals surface area (Å²) in [6.45, 7) is 9.39. The molecule has 1 aromatic rings. The van der Waals surface area contributed by atoms with Gasteiger partial charge in [0.15, 0.2) is 0 Å². The normalized spacial score (nSPS) is 12.5. The molecule has 1 aromatic carbocycles. The molecule has 3 nitrogen and oxygen atoms in total. The van der Waals surface area contributed by atoms with Crippen molar-refractivity contribution in [1.82, 2.24) is 5.32 Å². The number of ether oxygens (including phenoxy) is 2. The third-order valence-electron chi connectivity index (χ3n) is 3.00. The molecule has 0 saturated carbocycles. The minimum Gasteiger partial charge on any atom is -0.497 e. The number of hydrogen-bond donors (Lipinski definition) is 1. The first-order valence-corrected chi connectivity index (χ1v) is 7.13. The van der Waals surface area contributed by atoms with E-state index in [1.807, 2.05) is 12.1 Å². The van der Waals surface area contributed by atoms with Crippen LogP contribution in [0.25, 0.3) is 0 Å². The zero-order chi connectivity index (χ0) is 14.3. The summed E-state index contributed by atoms with van der Waals surface area (Å²) < 4.78 is 11.3. The van der Waals surface area contributed by atoms with Crippen LogP contribution in [0.3, 0.4) is 0 Å². The molecule has 0 aliphatic carbocycles. The van der Waals surface area contributed by atoms with Gasteiger partial charge in [-0.3, -0.25) is 0 Å². The highest BCUT2D eigenvalue weighted by Gasteiger charge is 2.10. The predicted molar refractivity (Wildman–Crippen MR) is 80.0 cm³/mol. The van der Waals surface area contributed by atoms with Gasteiger partial charge in [0.2, 0.25) is 0 Å². The van der Waals surface area contributed by atoms with E-state index in [1.54, 1.807) is 7.11 Å². The maximum atomic E-state index is 6.04. The molecular formula is C16H27NO2. The van der Waals surface area contributed by atoms with Crippen LogP contribution in [0.4, 0.5) is 0 Å². The molecule has 3 heteroatoms. The van der Waals surface area contributed by atoms with Gasteiger partial charge in [-0.25, -0.2) is 0 Å². The third kappa shape index (κ3) is 5.52. The highest BCUT2D eigenvalue weighted by Crippen LogP contribution is 2.26. The van der Waals surface area contributed by atoms with Gasteiger partial charge in [0, 0.05) is 24.2 Å². The van der Waals surface area contributed by atoms with Gasteiger partial charge in [-0.05, 0) is 19.4 Å². The average Bonchev–Trinajstić information content (AvgIpc) is 2.37. The summed E-state index contributed by atoms with van der Waals surface area (Å²) in [4.78, 5) is 0. The molecule has 0 aliphatic rings. The standard InChI is InChI=1S/C16H27NO2/c1-6-7-13(4)19-16-10-15(18-5)9-8-14(16)11-17-12(2)3/h8-10,12-13,17H,6-7,11H2,1-5H3. The van der Waals surface area contributed by atoms with E-state index in [0.29, 0.717) is 6.04 Å². The van der Waals surface area contributed by atoms with E-state index in [1.165, 1.54) is 5.56 Å². The van der Waals surface area contributed by atoms with Gasteiger partial charge in [0.05, 0.1) is 13.2 Å². The van der Waals surface area contributed by atoms with E-state index in [2.05, 4.69) is 39.1 Å². The van der Waals surface area contributed by atoms with Crippen LogP contribution in [0.15, 0.2) is 18.2 Å². The Balaban J connectivity index is 2.82. The molecule has 1 rings (SSSR count). The van der Waals surface area contributed by atoms with E-state index in [4.69, 9.17) is 9.47 Å². The Morgan fingerprint density at radius 2 is 1.95 bits per heavy atom.